The minimum atomic E-state index is 0.599. The van der Waals surface area contributed by atoms with E-state index < -0.39 is 0 Å². The summed E-state index contributed by atoms with van der Waals surface area (Å²) in [5.74, 6) is 1.20. The molecule has 0 atom stereocenters. The first-order valence-electron chi connectivity index (χ1n) is 7.54. The number of hydrogen-bond acceptors (Lipinski definition) is 0. The van der Waals surface area contributed by atoms with E-state index in [9.17, 15) is 0 Å². The fourth-order valence-electron chi connectivity index (χ4n) is 2.49. The molecule has 0 saturated carbocycles. The van der Waals surface area contributed by atoms with Crippen LogP contribution in [-0.4, -0.2) is 0 Å². The summed E-state index contributed by atoms with van der Waals surface area (Å²) >= 11 is 0. The molecule has 0 heterocycles. The molecule has 0 aliphatic heterocycles. The Morgan fingerprint density at radius 1 is 0.789 bits per heavy atom. The second-order valence-corrected chi connectivity index (χ2v) is 5.57. The van der Waals surface area contributed by atoms with Gasteiger partial charge >= 0.3 is 0 Å². The molecule has 0 aliphatic carbocycles. The molecule has 0 N–H and O–H groups in total. The van der Waals surface area contributed by atoms with Gasteiger partial charge in [0, 0.05) is 0 Å². The summed E-state index contributed by atoms with van der Waals surface area (Å²) in [6.45, 7) is 15.3. The minimum Gasteiger partial charge on any atom is -0.0683 e. The van der Waals surface area contributed by atoms with Gasteiger partial charge in [-0.1, -0.05) is 71.9 Å². The van der Waals surface area contributed by atoms with Crippen LogP contribution < -0.4 is 0 Å². The molecule has 19 heavy (non-hydrogen) atoms. The van der Waals surface area contributed by atoms with Crippen LogP contribution in [0.4, 0.5) is 0 Å². The van der Waals surface area contributed by atoms with Crippen LogP contribution in [0.2, 0.25) is 0 Å². The van der Waals surface area contributed by atoms with Crippen LogP contribution in [-0.2, 0) is 0 Å². The molecule has 0 spiro atoms. The van der Waals surface area contributed by atoms with Crippen molar-refractivity contribution in [1.82, 2.24) is 0 Å². The molecule has 0 aliphatic rings. The second-order valence-electron chi connectivity index (χ2n) is 5.57. The van der Waals surface area contributed by atoms with E-state index in [2.05, 4.69) is 65.0 Å². The van der Waals surface area contributed by atoms with Gasteiger partial charge in [0.05, 0.1) is 0 Å². The topological polar surface area (TPSA) is 0 Å². The number of aryl methyl sites for hydroxylation is 1. The Morgan fingerprint density at radius 2 is 1.37 bits per heavy atom. The van der Waals surface area contributed by atoms with Gasteiger partial charge in [-0.25, -0.2) is 0 Å². The standard InChI is InChI=1S/C17H22.C2H6/c1-11(2)15-7-6-14-8-9-16(12(3)4)13(5)17(14)10-15;1-2/h6-12H,1-5H3;1-2H3. The smallest absolute Gasteiger partial charge is 0.0149 e. The number of fused-ring (bicyclic) bond motifs is 1. The molecule has 104 valence electrons. The van der Waals surface area contributed by atoms with E-state index in [4.69, 9.17) is 0 Å². The lowest BCUT2D eigenvalue weighted by molar-refractivity contribution is 0.857. The molecule has 0 amide bonds. The molecule has 0 nitrogen and oxygen atoms in total. The van der Waals surface area contributed by atoms with Crippen molar-refractivity contribution in [3.05, 3.63) is 47.0 Å². The Bertz CT molecular complexity index is 528. The molecule has 0 bridgehead atoms. The number of rotatable bonds is 2. The monoisotopic (exact) mass is 256 g/mol. The third kappa shape index (κ3) is 3.37. The number of benzene rings is 2. The van der Waals surface area contributed by atoms with E-state index in [1.54, 1.807) is 0 Å². The van der Waals surface area contributed by atoms with Crippen molar-refractivity contribution in [2.24, 2.45) is 0 Å². The zero-order valence-corrected chi connectivity index (χ0v) is 13.5. The highest BCUT2D eigenvalue weighted by Crippen LogP contribution is 2.29. The third-order valence-corrected chi connectivity index (χ3v) is 3.65. The summed E-state index contributed by atoms with van der Waals surface area (Å²) in [6, 6.07) is 11.4. The number of hydrogen-bond donors (Lipinski definition) is 0. The maximum absolute atomic E-state index is 2.36. The summed E-state index contributed by atoms with van der Waals surface area (Å²) in [5, 5.41) is 2.78. The highest BCUT2D eigenvalue weighted by Gasteiger charge is 2.08. The zero-order chi connectivity index (χ0) is 14.6. The largest absolute Gasteiger partial charge is 0.0683 e. The first kappa shape index (κ1) is 15.8. The second kappa shape index (κ2) is 6.75. The van der Waals surface area contributed by atoms with Crippen LogP contribution in [0.15, 0.2) is 30.3 Å². The molecule has 0 unspecified atom stereocenters. The Hall–Kier alpha value is -1.30. The fraction of sp³-hybridized carbons (Fsp3) is 0.474. The van der Waals surface area contributed by atoms with Gasteiger partial charge < -0.3 is 0 Å². The van der Waals surface area contributed by atoms with E-state index in [1.807, 2.05) is 13.8 Å². The van der Waals surface area contributed by atoms with Gasteiger partial charge in [-0.2, -0.15) is 0 Å². The van der Waals surface area contributed by atoms with Gasteiger partial charge in [0.1, 0.15) is 0 Å². The summed E-state index contributed by atoms with van der Waals surface area (Å²) in [5.41, 5.74) is 4.35. The van der Waals surface area contributed by atoms with E-state index in [1.165, 1.54) is 27.5 Å². The van der Waals surface area contributed by atoms with Crippen molar-refractivity contribution < 1.29 is 0 Å². The molecule has 0 fully saturated rings. The molecular formula is C19H28. The Kier molecular flexibility index (Phi) is 5.60. The van der Waals surface area contributed by atoms with Gasteiger partial charge in [-0.3, -0.25) is 0 Å². The molecular weight excluding hydrogens is 228 g/mol. The van der Waals surface area contributed by atoms with Gasteiger partial charge in [-0.15, -0.1) is 0 Å². The average Bonchev–Trinajstić information content (AvgIpc) is 2.40. The van der Waals surface area contributed by atoms with Crippen LogP contribution in [0.1, 0.15) is 70.1 Å². The van der Waals surface area contributed by atoms with Crippen molar-refractivity contribution in [3.63, 3.8) is 0 Å². The van der Waals surface area contributed by atoms with E-state index >= 15 is 0 Å². The van der Waals surface area contributed by atoms with Crippen molar-refractivity contribution in [2.45, 2.75) is 60.3 Å². The summed E-state index contributed by atoms with van der Waals surface area (Å²) in [4.78, 5) is 0. The molecule has 0 radical (unpaired) electrons. The average molecular weight is 256 g/mol. The normalized spacial score (nSPS) is 10.8. The Balaban J connectivity index is 0.000000861. The molecule has 0 aromatic heterocycles. The van der Waals surface area contributed by atoms with Crippen LogP contribution in [0.25, 0.3) is 10.8 Å². The molecule has 2 aromatic rings. The third-order valence-electron chi connectivity index (χ3n) is 3.65. The Morgan fingerprint density at radius 3 is 1.89 bits per heavy atom. The SMILES string of the molecule is CC.Cc1c(C(C)C)ccc2ccc(C(C)C)cc12. The fourth-order valence-corrected chi connectivity index (χ4v) is 2.49. The Labute approximate surface area is 118 Å². The van der Waals surface area contributed by atoms with Crippen molar-refractivity contribution in [2.75, 3.05) is 0 Å². The molecule has 0 saturated heterocycles. The lowest BCUT2D eigenvalue weighted by Gasteiger charge is -2.14. The van der Waals surface area contributed by atoms with Crippen LogP contribution in [0, 0.1) is 6.92 Å². The minimum absolute atomic E-state index is 0.599. The molecule has 2 rings (SSSR count). The van der Waals surface area contributed by atoms with Gasteiger partial charge in [0.25, 0.3) is 0 Å². The summed E-state index contributed by atoms with van der Waals surface area (Å²) in [7, 11) is 0. The van der Waals surface area contributed by atoms with Gasteiger partial charge in [0.2, 0.25) is 0 Å². The summed E-state index contributed by atoms with van der Waals surface area (Å²) in [6.07, 6.45) is 0. The predicted octanol–water partition coefficient (Wildman–Crippen LogP) is 6.42. The van der Waals surface area contributed by atoms with Gasteiger partial charge in [-0.05, 0) is 46.2 Å². The first-order chi connectivity index (χ1) is 9.00. The predicted molar refractivity (Wildman–Crippen MR) is 88.2 cm³/mol. The molecule has 2 aromatic carbocycles. The highest BCUT2D eigenvalue weighted by atomic mass is 14.1. The van der Waals surface area contributed by atoms with Crippen molar-refractivity contribution >= 4 is 10.8 Å². The van der Waals surface area contributed by atoms with E-state index in [0.717, 1.165) is 0 Å². The van der Waals surface area contributed by atoms with E-state index in [0.29, 0.717) is 11.8 Å². The first-order valence-corrected chi connectivity index (χ1v) is 7.54. The lowest BCUT2D eigenvalue weighted by Crippen LogP contribution is -1.94. The lowest BCUT2D eigenvalue weighted by atomic mass is 9.91. The van der Waals surface area contributed by atoms with Gasteiger partial charge in [0.15, 0.2) is 0 Å². The van der Waals surface area contributed by atoms with Crippen LogP contribution in [0.3, 0.4) is 0 Å². The van der Waals surface area contributed by atoms with E-state index in [-0.39, 0.29) is 0 Å². The van der Waals surface area contributed by atoms with Crippen molar-refractivity contribution in [1.29, 1.82) is 0 Å². The zero-order valence-electron chi connectivity index (χ0n) is 13.5. The quantitative estimate of drug-likeness (QED) is 0.581. The van der Waals surface area contributed by atoms with Crippen LogP contribution >= 0.6 is 0 Å². The maximum Gasteiger partial charge on any atom is -0.0149 e. The van der Waals surface area contributed by atoms with Crippen molar-refractivity contribution in [3.8, 4) is 0 Å². The van der Waals surface area contributed by atoms with Crippen LogP contribution in [0.5, 0.6) is 0 Å². The maximum atomic E-state index is 2.36. The molecule has 0 heteroatoms. The summed E-state index contributed by atoms with van der Waals surface area (Å²) < 4.78 is 0. The highest BCUT2D eigenvalue weighted by molar-refractivity contribution is 5.87.